The normalized spacial score (nSPS) is 11.3. The summed E-state index contributed by atoms with van der Waals surface area (Å²) >= 11 is 0. The van der Waals surface area contributed by atoms with E-state index in [1.54, 1.807) is 16.8 Å². The zero-order valence-electron chi connectivity index (χ0n) is 14.7. The fraction of sp³-hybridized carbons (Fsp3) is 0.158. The van der Waals surface area contributed by atoms with Crippen LogP contribution in [0.25, 0.3) is 5.69 Å². The van der Waals surface area contributed by atoms with E-state index in [2.05, 4.69) is 10.4 Å². The van der Waals surface area contributed by atoms with Crippen LogP contribution in [0, 0.1) is 13.8 Å². The van der Waals surface area contributed by atoms with Gasteiger partial charge < -0.3 is 5.32 Å². The molecular formula is C19H19N3O3S. The lowest BCUT2D eigenvalue weighted by atomic mass is 10.2. The van der Waals surface area contributed by atoms with Crippen LogP contribution in [0.1, 0.15) is 21.6 Å². The molecule has 0 atom stereocenters. The summed E-state index contributed by atoms with van der Waals surface area (Å²) in [6, 6.07) is 13.9. The molecule has 3 rings (SSSR count). The van der Waals surface area contributed by atoms with E-state index in [0.717, 1.165) is 23.2 Å². The van der Waals surface area contributed by atoms with Gasteiger partial charge in [0.1, 0.15) is 0 Å². The highest BCUT2D eigenvalue weighted by Gasteiger charge is 2.16. The summed E-state index contributed by atoms with van der Waals surface area (Å²) in [5.74, 6) is -0.297. The number of carbonyl (C=O) groups is 1. The molecule has 0 aliphatic heterocycles. The highest BCUT2D eigenvalue weighted by atomic mass is 32.2. The molecule has 3 aromatic rings. The van der Waals surface area contributed by atoms with Gasteiger partial charge in [-0.3, -0.25) is 4.79 Å². The number of hydrogen-bond donors (Lipinski definition) is 1. The molecule has 0 saturated heterocycles. The molecule has 0 saturated carbocycles. The first kappa shape index (κ1) is 17.9. The predicted molar refractivity (Wildman–Crippen MR) is 101 cm³/mol. The van der Waals surface area contributed by atoms with Crippen LogP contribution in [0.15, 0.2) is 59.6 Å². The zero-order chi connectivity index (χ0) is 18.9. The molecule has 0 aliphatic carbocycles. The Hall–Kier alpha value is -2.93. The van der Waals surface area contributed by atoms with Gasteiger partial charge in [0.05, 0.1) is 28.0 Å². The minimum Gasteiger partial charge on any atom is -0.322 e. The van der Waals surface area contributed by atoms with Crippen molar-refractivity contribution in [2.45, 2.75) is 18.7 Å². The maximum absolute atomic E-state index is 12.6. The van der Waals surface area contributed by atoms with Crippen molar-refractivity contribution in [3.05, 3.63) is 71.5 Å². The number of hydrogen-bond acceptors (Lipinski definition) is 4. The van der Waals surface area contributed by atoms with Crippen LogP contribution in [-0.2, 0) is 9.84 Å². The van der Waals surface area contributed by atoms with Gasteiger partial charge in [-0.05, 0) is 49.7 Å². The number of aromatic nitrogens is 2. The van der Waals surface area contributed by atoms with Crippen LogP contribution in [0.4, 0.5) is 5.69 Å². The minimum absolute atomic E-state index is 0.207. The van der Waals surface area contributed by atoms with Crippen molar-refractivity contribution in [2.75, 3.05) is 11.6 Å². The Labute approximate surface area is 152 Å². The summed E-state index contributed by atoms with van der Waals surface area (Å²) < 4.78 is 24.7. The second-order valence-corrected chi connectivity index (χ2v) is 8.11. The summed E-state index contributed by atoms with van der Waals surface area (Å²) in [6.07, 6.45) is 2.67. The molecule has 1 N–H and O–H groups in total. The van der Waals surface area contributed by atoms with Crippen molar-refractivity contribution < 1.29 is 13.2 Å². The van der Waals surface area contributed by atoms with Gasteiger partial charge in [0.15, 0.2) is 9.84 Å². The summed E-state index contributed by atoms with van der Waals surface area (Å²) in [6.45, 7) is 3.82. The van der Waals surface area contributed by atoms with Gasteiger partial charge in [0.25, 0.3) is 5.91 Å². The van der Waals surface area contributed by atoms with Gasteiger partial charge in [0.2, 0.25) is 0 Å². The lowest BCUT2D eigenvalue weighted by Crippen LogP contribution is -2.13. The zero-order valence-corrected chi connectivity index (χ0v) is 15.5. The number of benzene rings is 2. The first-order valence-electron chi connectivity index (χ1n) is 7.99. The Morgan fingerprint density at radius 2 is 1.69 bits per heavy atom. The summed E-state index contributed by atoms with van der Waals surface area (Å²) in [7, 11) is -3.26. The number of nitrogens with zero attached hydrogens (tertiary/aromatic N) is 2. The molecule has 26 heavy (non-hydrogen) atoms. The summed E-state index contributed by atoms with van der Waals surface area (Å²) in [5, 5.41) is 7.10. The molecule has 0 bridgehead atoms. The smallest absolute Gasteiger partial charge is 0.259 e. The topological polar surface area (TPSA) is 81.1 Å². The van der Waals surface area contributed by atoms with E-state index in [1.807, 2.05) is 38.1 Å². The monoisotopic (exact) mass is 369 g/mol. The standard InChI is InChI=1S/C19H19N3O3S/c1-13-6-4-5-7-18(13)22-14(2)17(12-20-22)19(23)21-15-8-10-16(11-9-15)26(3,24)25/h4-12H,1-3H3,(H,21,23). The van der Waals surface area contributed by atoms with Crippen LogP contribution in [0.5, 0.6) is 0 Å². The van der Waals surface area contributed by atoms with E-state index in [4.69, 9.17) is 0 Å². The molecule has 0 fully saturated rings. The summed E-state index contributed by atoms with van der Waals surface area (Å²) in [5.41, 5.74) is 3.68. The molecule has 134 valence electrons. The largest absolute Gasteiger partial charge is 0.322 e. The Balaban J connectivity index is 1.84. The number of rotatable bonds is 4. The molecule has 6 nitrogen and oxygen atoms in total. The van der Waals surface area contributed by atoms with Crippen LogP contribution < -0.4 is 5.32 Å². The van der Waals surface area contributed by atoms with E-state index in [1.165, 1.54) is 18.3 Å². The van der Waals surface area contributed by atoms with Gasteiger partial charge in [-0.2, -0.15) is 5.10 Å². The molecule has 0 spiro atoms. The average molecular weight is 369 g/mol. The van der Waals surface area contributed by atoms with Crippen LogP contribution in [0.3, 0.4) is 0 Å². The fourth-order valence-electron chi connectivity index (χ4n) is 2.66. The highest BCUT2D eigenvalue weighted by Crippen LogP contribution is 2.19. The van der Waals surface area contributed by atoms with Crippen molar-refractivity contribution in [3.63, 3.8) is 0 Å². The molecule has 1 amide bonds. The van der Waals surface area contributed by atoms with Gasteiger partial charge in [-0.1, -0.05) is 18.2 Å². The van der Waals surface area contributed by atoms with Crippen LogP contribution in [0.2, 0.25) is 0 Å². The van der Waals surface area contributed by atoms with Crippen molar-refractivity contribution in [3.8, 4) is 5.69 Å². The van der Waals surface area contributed by atoms with E-state index in [-0.39, 0.29) is 10.8 Å². The summed E-state index contributed by atoms with van der Waals surface area (Å²) in [4.78, 5) is 12.8. The SMILES string of the molecule is Cc1ccccc1-n1ncc(C(=O)Nc2ccc(S(C)(=O)=O)cc2)c1C. The average Bonchev–Trinajstić information content (AvgIpc) is 2.96. The highest BCUT2D eigenvalue weighted by molar-refractivity contribution is 7.90. The number of sulfone groups is 1. The Morgan fingerprint density at radius 3 is 2.31 bits per heavy atom. The third-order valence-electron chi connectivity index (χ3n) is 4.14. The number of amides is 1. The van der Waals surface area contributed by atoms with Crippen molar-refractivity contribution in [1.29, 1.82) is 0 Å². The second-order valence-electron chi connectivity index (χ2n) is 6.09. The maximum Gasteiger partial charge on any atom is 0.259 e. The Bertz CT molecular complexity index is 1070. The Morgan fingerprint density at radius 1 is 1.04 bits per heavy atom. The molecule has 1 heterocycles. The van der Waals surface area contributed by atoms with E-state index < -0.39 is 9.84 Å². The quantitative estimate of drug-likeness (QED) is 0.766. The number of aryl methyl sites for hydroxylation is 1. The van der Waals surface area contributed by atoms with Crippen molar-refractivity contribution >= 4 is 21.4 Å². The number of nitrogens with one attached hydrogen (secondary N) is 1. The molecule has 0 aliphatic rings. The lowest BCUT2D eigenvalue weighted by Gasteiger charge is -2.09. The van der Waals surface area contributed by atoms with Crippen LogP contribution >= 0.6 is 0 Å². The molecule has 0 radical (unpaired) electrons. The van der Waals surface area contributed by atoms with E-state index in [9.17, 15) is 13.2 Å². The van der Waals surface area contributed by atoms with Gasteiger partial charge >= 0.3 is 0 Å². The molecule has 2 aromatic carbocycles. The van der Waals surface area contributed by atoms with Crippen molar-refractivity contribution in [1.82, 2.24) is 9.78 Å². The van der Waals surface area contributed by atoms with Crippen molar-refractivity contribution in [2.24, 2.45) is 0 Å². The van der Waals surface area contributed by atoms with Gasteiger partial charge in [-0.15, -0.1) is 0 Å². The first-order chi connectivity index (χ1) is 12.3. The molecular weight excluding hydrogens is 350 g/mol. The van der Waals surface area contributed by atoms with Gasteiger partial charge in [0, 0.05) is 11.9 Å². The molecule has 1 aromatic heterocycles. The number of carbonyl (C=O) groups excluding carboxylic acids is 1. The third kappa shape index (κ3) is 3.52. The number of para-hydroxylation sites is 1. The molecule has 7 heteroatoms. The third-order valence-corrected chi connectivity index (χ3v) is 5.27. The van der Waals surface area contributed by atoms with E-state index >= 15 is 0 Å². The maximum atomic E-state index is 12.6. The second kappa shape index (κ2) is 6.76. The number of anilines is 1. The minimum atomic E-state index is -3.26. The Kier molecular flexibility index (Phi) is 4.65. The van der Waals surface area contributed by atoms with Gasteiger partial charge in [-0.25, -0.2) is 13.1 Å². The predicted octanol–water partition coefficient (Wildman–Crippen LogP) is 3.14. The fourth-order valence-corrected chi connectivity index (χ4v) is 3.29. The lowest BCUT2D eigenvalue weighted by molar-refractivity contribution is 0.102. The van der Waals surface area contributed by atoms with Crippen LogP contribution in [-0.4, -0.2) is 30.4 Å². The molecule has 0 unspecified atom stereocenters. The first-order valence-corrected chi connectivity index (χ1v) is 9.88. The van der Waals surface area contributed by atoms with E-state index in [0.29, 0.717) is 11.3 Å².